The second-order valence-corrected chi connectivity index (χ2v) is 6.47. The SMILES string of the molecule is CC(CC#N)S(=O)(=O)c1ccc(Cl)c(Cl)c1. The van der Waals surface area contributed by atoms with E-state index in [-0.39, 0.29) is 16.3 Å². The summed E-state index contributed by atoms with van der Waals surface area (Å²) < 4.78 is 23.9. The Hall–Kier alpha value is -0.760. The molecule has 1 aromatic carbocycles. The van der Waals surface area contributed by atoms with Gasteiger partial charge in [0.2, 0.25) is 0 Å². The summed E-state index contributed by atoms with van der Waals surface area (Å²) in [7, 11) is -3.51. The predicted molar refractivity (Wildman–Crippen MR) is 63.3 cm³/mol. The van der Waals surface area contributed by atoms with E-state index in [0.717, 1.165) is 0 Å². The van der Waals surface area contributed by atoms with Crippen LogP contribution in [0.2, 0.25) is 10.0 Å². The first-order valence-electron chi connectivity index (χ1n) is 4.45. The maximum absolute atomic E-state index is 11.9. The number of hydrogen-bond acceptors (Lipinski definition) is 3. The molecule has 0 saturated carbocycles. The molecule has 0 radical (unpaired) electrons. The zero-order valence-corrected chi connectivity index (χ0v) is 10.8. The summed E-state index contributed by atoms with van der Waals surface area (Å²) in [6, 6.07) is 5.94. The quantitative estimate of drug-likeness (QED) is 0.853. The normalized spacial score (nSPS) is 13.1. The smallest absolute Gasteiger partial charge is 0.182 e. The number of rotatable bonds is 3. The average molecular weight is 278 g/mol. The van der Waals surface area contributed by atoms with E-state index in [1.807, 2.05) is 6.07 Å². The van der Waals surface area contributed by atoms with Crippen molar-refractivity contribution < 1.29 is 8.42 Å². The number of hydrogen-bond donors (Lipinski definition) is 0. The molecule has 0 fully saturated rings. The first kappa shape index (κ1) is 13.3. The van der Waals surface area contributed by atoms with Gasteiger partial charge in [0.25, 0.3) is 0 Å². The summed E-state index contributed by atoms with van der Waals surface area (Å²) in [6.45, 7) is 1.49. The van der Waals surface area contributed by atoms with Crippen LogP contribution in [-0.4, -0.2) is 13.7 Å². The molecule has 0 amide bonds. The third-order valence-electron chi connectivity index (χ3n) is 2.13. The van der Waals surface area contributed by atoms with Crippen molar-refractivity contribution in [2.75, 3.05) is 0 Å². The van der Waals surface area contributed by atoms with Crippen LogP contribution in [0.4, 0.5) is 0 Å². The second-order valence-electron chi connectivity index (χ2n) is 3.29. The van der Waals surface area contributed by atoms with Gasteiger partial charge in [0.15, 0.2) is 9.84 Å². The van der Waals surface area contributed by atoms with Crippen molar-refractivity contribution in [2.24, 2.45) is 0 Å². The Morgan fingerprint density at radius 1 is 1.38 bits per heavy atom. The van der Waals surface area contributed by atoms with E-state index in [2.05, 4.69) is 0 Å². The van der Waals surface area contributed by atoms with Gasteiger partial charge in [0, 0.05) is 0 Å². The highest BCUT2D eigenvalue weighted by Gasteiger charge is 2.23. The topological polar surface area (TPSA) is 57.9 Å². The third kappa shape index (κ3) is 2.67. The molecule has 0 aliphatic rings. The van der Waals surface area contributed by atoms with Gasteiger partial charge < -0.3 is 0 Å². The highest BCUT2D eigenvalue weighted by Crippen LogP contribution is 2.27. The molecule has 1 rings (SSSR count). The summed E-state index contributed by atoms with van der Waals surface area (Å²) in [5, 5.41) is 8.22. The van der Waals surface area contributed by atoms with E-state index in [1.54, 1.807) is 0 Å². The summed E-state index contributed by atoms with van der Waals surface area (Å²) in [5.41, 5.74) is 0. The fourth-order valence-corrected chi connectivity index (χ4v) is 2.79. The lowest BCUT2D eigenvalue weighted by Gasteiger charge is -2.10. The number of nitrogens with zero attached hydrogens (tertiary/aromatic N) is 1. The van der Waals surface area contributed by atoms with Crippen molar-refractivity contribution in [3.05, 3.63) is 28.2 Å². The molecule has 86 valence electrons. The van der Waals surface area contributed by atoms with Gasteiger partial charge in [-0.1, -0.05) is 23.2 Å². The molecule has 6 heteroatoms. The molecule has 0 aliphatic heterocycles. The molecule has 0 aliphatic carbocycles. The highest BCUT2D eigenvalue weighted by molar-refractivity contribution is 7.92. The summed E-state index contributed by atoms with van der Waals surface area (Å²) >= 11 is 11.4. The highest BCUT2D eigenvalue weighted by atomic mass is 35.5. The maximum Gasteiger partial charge on any atom is 0.182 e. The van der Waals surface area contributed by atoms with Crippen molar-refractivity contribution in [2.45, 2.75) is 23.5 Å². The molecule has 0 heterocycles. The van der Waals surface area contributed by atoms with E-state index in [1.165, 1.54) is 25.1 Å². The molecule has 1 unspecified atom stereocenters. The fraction of sp³-hybridized carbons (Fsp3) is 0.300. The Morgan fingerprint density at radius 2 is 2.00 bits per heavy atom. The van der Waals surface area contributed by atoms with E-state index < -0.39 is 15.1 Å². The number of benzene rings is 1. The summed E-state index contributed by atoms with van der Waals surface area (Å²) in [5.74, 6) is 0. The minimum atomic E-state index is -3.51. The van der Waals surface area contributed by atoms with Crippen molar-refractivity contribution >= 4 is 33.0 Å². The van der Waals surface area contributed by atoms with Crippen LogP contribution in [0.1, 0.15) is 13.3 Å². The largest absolute Gasteiger partial charge is 0.223 e. The molecule has 3 nitrogen and oxygen atoms in total. The van der Waals surface area contributed by atoms with Crippen LogP contribution >= 0.6 is 23.2 Å². The molecule has 1 atom stereocenters. The van der Waals surface area contributed by atoms with E-state index in [9.17, 15) is 8.42 Å². The molecular formula is C10H9Cl2NO2S. The summed E-state index contributed by atoms with van der Waals surface area (Å²) in [6.07, 6.45) is -0.0530. The van der Waals surface area contributed by atoms with Crippen LogP contribution in [0.5, 0.6) is 0 Å². The second kappa shape index (κ2) is 5.05. The lowest BCUT2D eigenvalue weighted by Crippen LogP contribution is -2.17. The van der Waals surface area contributed by atoms with Crippen molar-refractivity contribution in [1.29, 1.82) is 5.26 Å². The predicted octanol–water partition coefficient (Wildman–Crippen LogP) is 3.07. The molecule has 1 aromatic rings. The van der Waals surface area contributed by atoms with E-state index in [0.29, 0.717) is 5.02 Å². The molecule has 0 bridgehead atoms. The van der Waals surface area contributed by atoms with Gasteiger partial charge in [0.05, 0.1) is 32.7 Å². The van der Waals surface area contributed by atoms with Gasteiger partial charge in [-0.05, 0) is 25.1 Å². The average Bonchev–Trinajstić information content (AvgIpc) is 2.22. The number of halogens is 2. The van der Waals surface area contributed by atoms with Crippen LogP contribution in [0.3, 0.4) is 0 Å². The maximum atomic E-state index is 11.9. The Balaban J connectivity index is 3.18. The molecule has 16 heavy (non-hydrogen) atoms. The first-order chi connectivity index (χ1) is 7.39. The van der Waals surface area contributed by atoms with Crippen LogP contribution < -0.4 is 0 Å². The van der Waals surface area contributed by atoms with Crippen LogP contribution in [0, 0.1) is 11.3 Å². The van der Waals surface area contributed by atoms with E-state index >= 15 is 0 Å². The molecule has 0 aromatic heterocycles. The van der Waals surface area contributed by atoms with Crippen LogP contribution in [0.15, 0.2) is 23.1 Å². The Morgan fingerprint density at radius 3 is 2.50 bits per heavy atom. The third-order valence-corrected chi connectivity index (χ3v) is 5.00. The van der Waals surface area contributed by atoms with E-state index in [4.69, 9.17) is 28.5 Å². The Labute approximate surface area is 105 Å². The first-order valence-corrected chi connectivity index (χ1v) is 6.75. The molecule has 0 saturated heterocycles. The number of sulfone groups is 1. The van der Waals surface area contributed by atoms with Crippen molar-refractivity contribution in [3.8, 4) is 6.07 Å². The lowest BCUT2D eigenvalue weighted by atomic mass is 10.3. The van der Waals surface area contributed by atoms with Gasteiger partial charge in [-0.2, -0.15) is 5.26 Å². The van der Waals surface area contributed by atoms with Gasteiger partial charge in [-0.3, -0.25) is 0 Å². The lowest BCUT2D eigenvalue weighted by molar-refractivity contribution is 0.584. The molecule has 0 N–H and O–H groups in total. The summed E-state index contributed by atoms with van der Waals surface area (Å²) in [4.78, 5) is 0.0876. The zero-order chi connectivity index (χ0) is 12.3. The fourth-order valence-electron chi connectivity index (χ4n) is 1.12. The van der Waals surface area contributed by atoms with Crippen LogP contribution in [0.25, 0.3) is 0 Å². The minimum Gasteiger partial charge on any atom is -0.223 e. The Bertz CT molecular complexity index is 534. The van der Waals surface area contributed by atoms with Crippen molar-refractivity contribution in [3.63, 3.8) is 0 Å². The van der Waals surface area contributed by atoms with Gasteiger partial charge in [0.1, 0.15) is 0 Å². The Kier molecular flexibility index (Phi) is 4.20. The molecule has 0 spiro atoms. The van der Waals surface area contributed by atoms with Gasteiger partial charge in [-0.15, -0.1) is 0 Å². The van der Waals surface area contributed by atoms with Gasteiger partial charge >= 0.3 is 0 Å². The standard InChI is InChI=1S/C10H9Cl2NO2S/c1-7(4-5-13)16(14,15)8-2-3-9(11)10(12)6-8/h2-3,6-7H,4H2,1H3. The minimum absolute atomic E-state index is 0.0530. The number of nitriles is 1. The van der Waals surface area contributed by atoms with Gasteiger partial charge in [-0.25, -0.2) is 8.42 Å². The molecular weight excluding hydrogens is 269 g/mol. The van der Waals surface area contributed by atoms with Crippen LogP contribution in [-0.2, 0) is 9.84 Å². The monoisotopic (exact) mass is 277 g/mol. The zero-order valence-electron chi connectivity index (χ0n) is 8.44. The van der Waals surface area contributed by atoms with Crippen molar-refractivity contribution in [1.82, 2.24) is 0 Å².